The van der Waals surface area contributed by atoms with E-state index >= 15 is 0 Å². The summed E-state index contributed by atoms with van der Waals surface area (Å²) in [5.74, 6) is 0.404. The number of benzene rings is 1. The number of H-pyrrole nitrogens is 1. The van der Waals surface area contributed by atoms with E-state index in [0.717, 1.165) is 16.8 Å². The van der Waals surface area contributed by atoms with Crippen LogP contribution in [0.25, 0.3) is 0 Å². The molecule has 5 heteroatoms. The Hall–Kier alpha value is -2.30. The summed E-state index contributed by atoms with van der Waals surface area (Å²) < 4.78 is 0. The molecular weight excluding hydrogens is 240 g/mol. The molecule has 1 heterocycles. The van der Waals surface area contributed by atoms with Crippen molar-refractivity contribution in [3.05, 3.63) is 41.1 Å². The third kappa shape index (κ3) is 2.76. The van der Waals surface area contributed by atoms with Crippen LogP contribution in [0.3, 0.4) is 0 Å². The number of aryl methyl sites for hydroxylation is 1. The van der Waals surface area contributed by atoms with Gasteiger partial charge in [0.2, 0.25) is 0 Å². The summed E-state index contributed by atoms with van der Waals surface area (Å²) in [5.41, 5.74) is 8.86. The van der Waals surface area contributed by atoms with Gasteiger partial charge < -0.3 is 11.1 Å². The van der Waals surface area contributed by atoms with E-state index in [1.165, 1.54) is 6.07 Å². The lowest BCUT2D eigenvalue weighted by Gasteiger charge is -2.15. The van der Waals surface area contributed by atoms with Gasteiger partial charge in [-0.2, -0.15) is 5.10 Å². The molecule has 0 atom stereocenters. The Morgan fingerprint density at radius 1 is 1.42 bits per heavy atom. The summed E-state index contributed by atoms with van der Waals surface area (Å²) in [5, 5.41) is 9.28. The van der Waals surface area contributed by atoms with Crippen LogP contribution in [0.5, 0.6) is 0 Å². The number of nitrogen functional groups attached to an aromatic ring is 1. The van der Waals surface area contributed by atoms with Crippen molar-refractivity contribution in [1.29, 1.82) is 0 Å². The molecule has 0 unspecified atom stereocenters. The first-order valence-corrected chi connectivity index (χ1v) is 6.20. The lowest BCUT2D eigenvalue weighted by molar-refractivity contribution is 0.102. The van der Waals surface area contributed by atoms with Crippen LogP contribution < -0.4 is 11.1 Å². The van der Waals surface area contributed by atoms with Gasteiger partial charge in [0.1, 0.15) is 11.5 Å². The van der Waals surface area contributed by atoms with Gasteiger partial charge in [0.15, 0.2) is 0 Å². The zero-order valence-corrected chi connectivity index (χ0v) is 11.3. The molecule has 19 heavy (non-hydrogen) atoms. The lowest BCUT2D eigenvalue weighted by Crippen LogP contribution is -2.15. The zero-order chi connectivity index (χ0) is 14.0. The van der Waals surface area contributed by atoms with Crippen molar-refractivity contribution in [2.75, 3.05) is 11.1 Å². The van der Waals surface area contributed by atoms with Crippen molar-refractivity contribution in [2.45, 2.75) is 26.7 Å². The smallest absolute Gasteiger partial charge is 0.273 e. The number of para-hydroxylation sites is 1. The fourth-order valence-corrected chi connectivity index (χ4v) is 1.98. The third-order valence-corrected chi connectivity index (χ3v) is 3.01. The summed E-state index contributed by atoms with van der Waals surface area (Å²) in [6.45, 7) is 6.17. The molecule has 0 fully saturated rings. The van der Waals surface area contributed by atoms with Gasteiger partial charge in [0.25, 0.3) is 5.91 Å². The van der Waals surface area contributed by atoms with Crippen LogP contribution in [-0.4, -0.2) is 16.1 Å². The molecule has 1 aromatic heterocycles. The normalized spacial score (nSPS) is 10.7. The Kier molecular flexibility index (Phi) is 3.55. The minimum absolute atomic E-state index is 0.236. The molecule has 5 nitrogen and oxygen atoms in total. The van der Waals surface area contributed by atoms with E-state index in [1.54, 1.807) is 0 Å². The summed E-state index contributed by atoms with van der Waals surface area (Å²) in [6, 6.07) is 7.51. The molecule has 0 aliphatic carbocycles. The van der Waals surface area contributed by atoms with Crippen molar-refractivity contribution < 1.29 is 4.79 Å². The van der Waals surface area contributed by atoms with Crippen LogP contribution in [0, 0.1) is 6.92 Å². The zero-order valence-electron chi connectivity index (χ0n) is 11.3. The van der Waals surface area contributed by atoms with Crippen molar-refractivity contribution in [3.8, 4) is 0 Å². The number of amides is 1. The van der Waals surface area contributed by atoms with Gasteiger partial charge in [0.05, 0.1) is 0 Å². The highest BCUT2D eigenvalue weighted by atomic mass is 16.1. The Balaban J connectivity index is 2.31. The minimum Gasteiger partial charge on any atom is -0.382 e. The van der Waals surface area contributed by atoms with E-state index in [0.29, 0.717) is 17.4 Å². The van der Waals surface area contributed by atoms with E-state index < -0.39 is 0 Å². The molecule has 0 spiro atoms. The number of nitrogens with two attached hydrogens (primary N) is 1. The number of aromatic nitrogens is 2. The molecule has 0 aliphatic rings. The number of rotatable bonds is 3. The predicted molar refractivity (Wildman–Crippen MR) is 76.2 cm³/mol. The number of anilines is 2. The first-order chi connectivity index (χ1) is 8.99. The maximum Gasteiger partial charge on any atom is 0.273 e. The maximum absolute atomic E-state index is 12.1. The molecule has 100 valence electrons. The number of nitrogens with zero attached hydrogens (tertiary/aromatic N) is 1. The summed E-state index contributed by atoms with van der Waals surface area (Å²) in [6.07, 6.45) is 0. The van der Waals surface area contributed by atoms with Gasteiger partial charge in [0, 0.05) is 11.8 Å². The first kappa shape index (κ1) is 13.1. The van der Waals surface area contributed by atoms with Crippen molar-refractivity contribution in [1.82, 2.24) is 10.2 Å². The van der Waals surface area contributed by atoms with Crippen LogP contribution in [-0.2, 0) is 0 Å². The van der Waals surface area contributed by atoms with Crippen molar-refractivity contribution in [3.63, 3.8) is 0 Å². The molecule has 0 aliphatic heterocycles. The Morgan fingerprint density at radius 3 is 2.74 bits per heavy atom. The van der Waals surface area contributed by atoms with E-state index in [-0.39, 0.29) is 5.91 Å². The lowest BCUT2D eigenvalue weighted by atomic mass is 9.98. The second kappa shape index (κ2) is 5.14. The molecule has 0 saturated heterocycles. The third-order valence-electron chi connectivity index (χ3n) is 3.01. The highest BCUT2D eigenvalue weighted by Crippen LogP contribution is 2.27. The van der Waals surface area contributed by atoms with Gasteiger partial charge in [-0.15, -0.1) is 0 Å². The Bertz CT molecular complexity index is 601. The molecule has 2 rings (SSSR count). The number of hydrogen-bond donors (Lipinski definition) is 3. The fourth-order valence-electron chi connectivity index (χ4n) is 1.98. The Labute approximate surface area is 112 Å². The quantitative estimate of drug-likeness (QED) is 0.791. The van der Waals surface area contributed by atoms with Crippen LogP contribution in [0.4, 0.5) is 11.5 Å². The number of nitrogens with one attached hydrogen (secondary N) is 2. The number of carbonyl (C=O) groups is 1. The van der Waals surface area contributed by atoms with Crippen LogP contribution >= 0.6 is 0 Å². The summed E-state index contributed by atoms with van der Waals surface area (Å²) in [7, 11) is 0. The highest BCUT2D eigenvalue weighted by molar-refractivity contribution is 6.04. The Morgan fingerprint density at radius 2 is 2.16 bits per heavy atom. The van der Waals surface area contributed by atoms with Crippen LogP contribution in [0.1, 0.15) is 41.4 Å². The largest absolute Gasteiger partial charge is 0.382 e. The van der Waals surface area contributed by atoms with E-state index in [1.807, 2.05) is 25.1 Å². The van der Waals surface area contributed by atoms with Crippen LogP contribution in [0.2, 0.25) is 0 Å². The number of hydrogen-bond acceptors (Lipinski definition) is 3. The van der Waals surface area contributed by atoms with Crippen molar-refractivity contribution in [2.24, 2.45) is 0 Å². The van der Waals surface area contributed by atoms with Crippen LogP contribution in [0.15, 0.2) is 24.3 Å². The van der Waals surface area contributed by atoms with Crippen molar-refractivity contribution >= 4 is 17.4 Å². The molecular formula is C14H18N4O. The average molecular weight is 258 g/mol. The maximum atomic E-state index is 12.1. The monoisotopic (exact) mass is 258 g/mol. The SMILES string of the molecule is Cc1cccc(C(C)C)c1NC(=O)c1cc(N)n[nH]1. The molecule has 0 radical (unpaired) electrons. The molecule has 0 bridgehead atoms. The fraction of sp³-hybridized carbons (Fsp3) is 0.286. The van der Waals surface area contributed by atoms with E-state index in [4.69, 9.17) is 5.73 Å². The average Bonchev–Trinajstić information content (AvgIpc) is 2.78. The molecule has 1 amide bonds. The molecule has 2 aromatic rings. The van der Waals surface area contributed by atoms with Gasteiger partial charge in [-0.05, 0) is 24.0 Å². The number of aromatic amines is 1. The first-order valence-electron chi connectivity index (χ1n) is 6.20. The molecule has 1 aromatic carbocycles. The standard InChI is InChI=1S/C14H18N4O/c1-8(2)10-6-4-5-9(3)13(10)16-14(19)11-7-12(15)18-17-11/h4-8H,1-3H3,(H,16,19)(H3,15,17,18). The van der Waals surface area contributed by atoms with Gasteiger partial charge >= 0.3 is 0 Å². The van der Waals surface area contributed by atoms with E-state index in [9.17, 15) is 4.79 Å². The summed E-state index contributed by atoms with van der Waals surface area (Å²) in [4.78, 5) is 12.1. The topological polar surface area (TPSA) is 83.8 Å². The van der Waals surface area contributed by atoms with Gasteiger partial charge in [-0.3, -0.25) is 9.89 Å². The summed E-state index contributed by atoms with van der Waals surface area (Å²) >= 11 is 0. The van der Waals surface area contributed by atoms with E-state index in [2.05, 4.69) is 29.4 Å². The molecule has 4 N–H and O–H groups in total. The minimum atomic E-state index is -0.236. The number of carbonyl (C=O) groups excluding carboxylic acids is 1. The second-order valence-electron chi connectivity index (χ2n) is 4.85. The van der Waals surface area contributed by atoms with Gasteiger partial charge in [-0.25, -0.2) is 0 Å². The molecule has 0 saturated carbocycles. The highest BCUT2D eigenvalue weighted by Gasteiger charge is 2.14. The predicted octanol–water partition coefficient (Wildman–Crippen LogP) is 2.68. The van der Waals surface area contributed by atoms with Gasteiger partial charge in [-0.1, -0.05) is 32.0 Å². The second-order valence-corrected chi connectivity index (χ2v) is 4.85.